The van der Waals surface area contributed by atoms with E-state index in [2.05, 4.69) is 18.7 Å². The van der Waals surface area contributed by atoms with Gasteiger partial charge in [0.2, 0.25) is 5.91 Å². The highest BCUT2D eigenvalue weighted by Crippen LogP contribution is 2.33. The molecule has 0 spiro atoms. The van der Waals surface area contributed by atoms with Crippen molar-refractivity contribution in [3.05, 3.63) is 0 Å². The van der Waals surface area contributed by atoms with E-state index in [1.165, 1.54) is 0 Å². The van der Waals surface area contributed by atoms with Crippen LogP contribution in [-0.4, -0.2) is 61.6 Å². The van der Waals surface area contributed by atoms with E-state index in [1.54, 1.807) is 4.90 Å². The first-order valence-corrected chi connectivity index (χ1v) is 6.56. The van der Waals surface area contributed by atoms with Gasteiger partial charge in [0.15, 0.2) is 0 Å². The predicted molar refractivity (Wildman–Crippen MR) is 66.7 cm³/mol. The molecule has 4 heteroatoms. The average molecular weight is 240 g/mol. The number of morpholine rings is 1. The van der Waals surface area contributed by atoms with Crippen molar-refractivity contribution in [3.8, 4) is 0 Å². The number of amides is 1. The number of ether oxygens (including phenoxy) is 1. The molecule has 0 aromatic carbocycles. The summed E-state index contributed by atoms with van der Waals surface area (Å²) >= 11 is 0. The van der Waals surface area contributed by atoms with Gasteiger partial charge in [0.1, 0.15) is 0 Å². The zero-order valence-corrected chi connectivity index (χ0v) is 11.3. The number of nitrogens with zero attached hydrogens (tertiary/aromatic N) is 2. The molecular weight excluding hydrogens is 216 g/mol. The summed E-state index contributed by atoms with van der Waals surface area (Å²) in [6.45, 7) is 7.49. The van der Waals surface area contributed by atoms with Crippen LogP contribution in [0.25, 0.3) is 0 Å². The normalized spacial score (nSPS) is 33.1. The number of hydrogen-bond donors (Lipinski definition) is 0. The predicted octanol–water partition coefficient (Wildman–Crippen LogP) is 0.820. The summed E-state index contributed by atoms with van der Waals surface area (Å²) in [5.74, 6) is 0.978. The van der Waals surface area contributed by atoms with Gasteiger partial charge in [-0.15, -0.1) is 0 Å². The van der Waals surface area contributed by atoms with Crippen LogP contribution in [0.1, 0.15) is 20.3 Å². The van der Waals surface area contributed by atoms with Gasteiger partial charge in [-0.25, -0.2) is 0 Å². The monoisotopic (exact) mass is 240 g/mol. The Morgan fingerprint density at radius 1 is 1.41 bits per heavy atom. The molecule has 0 aromatic rings. The largest absolute Gasteiger partial charge is 0.371 e. The maximum Gasteiger partial charge on any atom is 0.227 e. The molecule has 1 amide bonds. The Morgan fingerprint density at radius 2 is 2.12 bits per heavy atom. The molecule has 2 fully saturated rings. The SMILES string of the molecule is CC(C)CN1C[C@@H]2C[C@@H](C(=O)N(C)C)[C@H](C1)O2. The zero-order valence-electron chi connectivity index (χ0n) is 11.3. The lowest BCUT2D eigenvalue weighted by Crippen LogP contribution is -2.46. The van der Waals surface area contributed by atoms with Crippen LogP contribution in [0.15, 0.2) is 0 Å². The number of rotatable bonds is 3. The number of hydrogen-bond acceptors (Lipinski definition) is 3. The lowest BCUT2D eigenvalue weighted by atomic mass is 9.99. The Balaban J connectivity index is 1.97. The van der Waals surface area contributed by atoms with Crippen LogP contribution in [0.3, 0.4) is 0 Å². The topological polar surface area (TPSA) is 32.8 Å². The second kappa shape index (κ2) is 4.94. The second-order valence-electron chi connectivity index (χ2n) is 5.98. The maximum absolute atomic E-state index is 12.0. The Kier molecular flexibility index (Phi) is 3.73. The van der Waals surface area contributed by atoms with Crippen LogP contribution in [0.5, 0.6) is 0 Å². The first kappa shape index (κ1) is 12.8. The highest BCUT2D eigenvalue weighted by atomic mass is 16.5. The standard InChI is InChI=1S/C13H24N2O2/c1-9(2)6-15-7-10-5-11(12(8-15)17-10)13(16)14(3)4/h9-12H,5-8H2,1-4H3/t10-,11+,12-/m0/s1. The highest BCUT2D eigenvalue weighted by molar-refractivity contribution is 5.79. The van der Waals surface area contributed by atoms with Crippen molar-refractivity contribution >= 4 is 5.91 Å². The minimum Gasteiger partial charge on any atom is -0.371 e. The van der Waals surface area contributed by atoms with Crippen molar-refractivity contribution in [3.63, 3.8) is 0 Å². The van der Waals surface area contributed by atoms with Crippen molar-refractivity contribution in [2.45, 2.75) is 32.5 Å². The molecule has 0 N–H and O–H groups in total. The van der Waals surface area contributed by atoms with Crippen LogP contribution < -0.4 is 0 Å². The smallest absolute Gasteiger partial charge is 0.227 e. The highest BCUT2D eigenvalue weighted by Gasteiger charge is 2.44. The molecule has 2 bridgehead atoms. The molecule has 3 atom stereocenters. The Hall–Kier alpha value is -0.610. The van der Waals surface area contributed by atoms with E-state index in [1.807, 2.05) is 14.1 Å². The van der Waals surface area contributed by atoms with Crippen molar-refractivity contribution in [1.29, 1.82) is 0 Å². The molecule has 0 saturated carbocycles. The van der Waals surface area contributed by atoms with Gasteiger partial charge in [-0.05, 0) is 12.3 Å². The Morgan fingerprint density at radius 3 is 2.71 bits per heavy atom. The fourth-order valence-electron chi connectivity index (χ4n) is 2.99. The molecule has 0 aliphatic carbocycles. The van der Waals surface area contributed by atoms with Gasteiger partial charge >= 0.3 is 0 Å². The summed E-state index contributed by atoms with van der Waals surface area (Å²) in [5, 5.41) is 0. The first-order chi connectivity index (χ1) is 7.97. The molecule has 2 rings (SSSR count). The van der Waals surface area contributed by atoms with Crippen molar-refractivity contribution < 1.29 is 9.53 Å². The van der Waals surface area contributed by atoms with E-state index in [0.29, 0.717) is 5.92 Å². The number of fused-ring (bicyclic) bond motifs is 2. The molecule has 0 unspecified atom stereocenters. The van der Waals surface area contributed by atoms with E-state index < -0.39 is 0 Å². The molecule has 2 saturated heterocycles. The minimum atomic E-state index is 0.0761. The van der Waals surface area contributed by atoms with E-state index in [4.69, 9.17) is 4.74 Å². The van der Waals surface area contributed by atoms with Gasteiger partial charge in [-0.2, -0.15) is 0 Å². The van der Waals surface area contributed by atoms with Crippen LogP contribution >= 0.6 is 0 Å². The summed E-state index contributed by atoms with van der Waals surface area (Å²) in [4.78, 5) is 16.2. The Bertz CT molecular complexity index is 291. The summed E-state index contributed by atoms with van der Waals surface area (Å²) in [6.07, 6.45) is 1.28. The minimum absolute atomic E-state index is 0.0761. The van der Waals surface area contributed by atoms with E-state index >= 15 is 0 Å². The third kappa shape index (κ3) is 2.80. The molecule has 4 nitrogen and oxygen atoms in total. The van der Waals surface area contributed by atoms with Crippen LogP contribution in [-0.2, 0) is 9.53 Å². The van der Waals surface area contributed by atoms with Crippen LogP contribution in [0.4, 0.5) is 0 Å². The molecule has 0 aromatic heterocycles. The van der Waals surface area contributed by atoms with E-state index in [9.17, 15) is 4.79 Å². The van der Waals surface area contributed by atoms with E-state index in [-0.39, 0.29) is 24.0 Å². The maximum atomic E-state index is 12.0. The zero-order chi connectivity index (χ0) is 12.6. The van der Waals surface area contributed by atoms with Crippen molar-refractivity contribution in [2.24, 2.45) is 11.8 Å². The van der Waals surface area contributed by atoms with Crippen LogP contribution in [0.2, 0.25) is 0 Å². The summed E-state index contributed by atoms with van der Waals surface area (Å²) < 4.78 is 5.90. The van der Waals surface area contributed by atoms with Crippen LogP contribution in [0, 0.1) is 11.8 Å². The summed E-state index contributed by atoms with van der Waals surface area (Å²) in [6, 6.07) is 0. The average Bonchev–Trinajstić information content (AvgIpc) is 2.51. The number of carbonyl (C=O) groups is 1. The summed E-state index contributed by atoms with van der Waals surface area (Å²) in [7, 11) is 3.66. The quantitative estimate of drug-likeness (QED) is 0.732. The molecule has 98 valence electrons. The third-order valence-corrected chi connectivity index (χ3v) is 3.61. The second-order valence-corrected chi connectivity index (χ2v) is 5.98. The Labute approximate surface area is 104 Å². The summed E-state index contributed by atoms with van der Waals surface area (Å²) in [5.41, 5.74) is 0. The van der Waals surface area contributed by atoms with E-state index in [0.717, 1.165) is 26.1 Å². The van der Waals surface area contributed by atoms with Crippen molar-refractivity contribution in [2.75, 3.05) is 33.7 Å². The van der Waals surface area contributed by atoms with Gasteiger partial charge in [-0.3, -0.25) is 9.69 Å². The lowest BCUT2D eigenvalue weighted by Gasteiger charge is -2.33. The molecule has 2 aliphatic rings. The first-order valence-electron chi connectivity index (χ1n) is 6.56. The van der Waals surface area contributed by atoms with Crippen molar-refractivity contribution in [1.82, 2.24) is 9.80 Å². The molecule has 17 heavy (non-hydrogen) atoms. The van der Waals surface area contributed by atoms with Gasteiger partial charge in [0.05, 0.1) is 18.1 Å². The molecule has 2 heterocycles. The fourth-order valence-corrected chi connectivity index (χ4v) is 2.99. The third-order valence-electron chi connectivity index (χ3n) is 3.61. The van der Waals surface area contributed by atoms with Gasteiger partial charge < -0.3 is 9.64 Å². The number of carbonyl (C=O) groups excluding carboxylic acids is 1. The number of likely N-dealkylation sites (tertiary alicyclic amines) is 1. The molecule has 2 aliphatic heterocycles. The molecular formula is C13H24N2O2. The van der Waals surface area contributed by atoms with Gasteiger partial charge in [0.25, 0.3) is 0 Å². The fraction of sp³-hybridized carbons (Fsp3) is 0.923. The lowest BCUT2D eigenvalue weighted by molar-refractivity contribution is -0.136. The van der Waals surface area contributed by atoms with Gasteiger partial charge in [0, 0.05) is 33.7 Å². The molecule has 0 radical (unpaired) electrons. The van der Waals surface area contributed by atoms with Gasteiger partial charge in [-0.1, -0.05) is 13.8 Å².